The third-order valence-electron chi connectivity index (χ3n) is 3.65. The van der Waals surface area contributed by atoms with Gasteiger partial charge in [0.05, 0.1) is 0 Å². The highest BCUT2D eigenvalue weighted by atomic mass is 16.2. The molecule has 2 N–H and O–H groups in total. The highest BCUT2D eigenvalue weighted by Gasteiger charge is 2.47. The average Bonchev–Trinajstić information content (AvgIpc) is 2.62. The first-order chi connectivity index (χ1) is 9.76. The lowest BCUT2D eigenvalue weighted by Crippen LogP contribution is -2.55. The van der Waals surface area contributed by atoms with E-state index in [2.05, 4.69) is 10.6 Å². The van der Waals surface area contributed by atoms with Crippen molar-refractivity contribution in [3.63, 3.8) is 0 Å². The fourth-order valence-corrected chi connectivity index (χ4v) is 2.18. The fraction of sp³-hybridized carbons (Fsp3) is 0.583. The van der Waals surface area contributed by atoms with Gasteiger partial charge in [0.15, 0.2) is 0 Å². The number of amides is 6. The summed E-state index contributed by atoms with van der Waals surface area (Å²) >= 11 is 0. The van der Waals surface area contributed by atoms with Gasteiger partial charge in [0.2, 0.25) is 17.7 Å². The molecule has 21 heavy (non-hydrogen) atoms. The standard InChI is InChI=1S/C12H16N4O5/c1-3-12(2)10(20)16(11(21)14-12)6-9(19)15-4-7(17)13-8(18)5-15/h3-6H2,1-2H3,(H,14,21)(H,13,17,18). The molecule has 2 saturated heterocycles. The molecule has 114 valence electrons. The molecule has 2 heterocycles. The molecule has 0 bridgehead atoms. The molecule has 1 atom stereocenters. The Hall–Kier alpha value is -2.45. The smallest absolute Gasteiger partial charge is 0.323 e. The van der Waals surface area contributed by atoms with Crippen LogP contribution in [0.1, 0.15) is 20.3 Å². The molecule has 0 radical (unpaired) electrons. The van der Waals surface area contributed by atoms with Gasteiger partial charge in [0.1, 0.15) is 25.2 Å². The van der Waals surface area contributed by atoms with Gasteiger partial charge in [-0.1, -0.05) is 6.92 Å². The molecule has 2 fully saturated rings. The van der Waals surface area contributed by atoms with Crippen molar-refractivity contribution in [1.82, 2.24) is 20.4 Å². The number of piperazine rings is 1. The molecule has 9 nitrogen and oxygen atoms in total. The van der Waals surface area contributed by atoms with E-state index in [0.29, 0.717) is 6.42 Å². The molecule has 2 aliphatic rings. The third-order valence-corrected chi connectivity index (χ3v) is 3.65. The molecule has 1 unspecified atom stereocenters. The summed E-state index contributed by atoms with van der Waals surface area (Å²) in [6, 6.07) is -0.648. The van der Waals surface area contributed by atoms with Crippen LogP contribution in [0.25, 0.3) is 0 Å². The van der Waals surface area contributed by atoms with E-state index in [1.807, 2.05) is 0 Å². The maximum absolute atomic E-state index is 12.1. The van der Waals surface area contributed by atoms with Crippen molar-refractivity contribution in [1.29, 1.82) is 0 Å². The van der Waals surface area contributed by atoms with Gasteiger partial charge >= 0.3 is 6.03 Å². The van der Waals surface area contributed by atoms with Gasteiger partial charge < -0.3 is 10.2 Å². The molecule has 0 aromatic heterocycles. The van der Waals surface area contributed by atoms with Crippen LogP contribution in [0.15, 0.2) is 0 Å². The molecule has 0 aliphatic carbocycles. The second-order valence-electron chi connectivity index (χ2n) is 5.23. The van der Waals surface area contributed by atoms with Crippen molar-refractivity contribution >= 4 is 29.7 Å². The van der Waals surface area contributed by atoms with Crippen LogP contribution in [-0.2, 0) is 19.2 Å². The summed E-state index contributed by atoms with van der Waals surface area (Å²) in [5, 5.41) is 4.59. The van der Waals surface area contributed by atoms with Crippen molar-refractivity contribution in [2.24, 2.45) is 0 Å². The molecule has 0 spiro atoms. The van der Waals surface area contributed by atoms with Crippen LogP contribution >= 0.6 is 0 Å². The topological polar surface area (TPSA) is 116 Å². The lowest BCUT2D eigenvalue weighted by molar-refractivity contribution is -0.146. The van der Waals surface area contributed by atoms with Crippen molar-refractivity contribution in [2.45, 2.75) is 25.8 Å². The van der Waals surface area contributed by atoms with Gasteiger partial charge in [-0.2, -0.15) is 0 Å². The van der Waals surface area contributed by atoms with Crippen molar-refractivity contribution in [2.75, 3.05) is 19.6 Å². The van der Waals surface area contributed by atoms with E-state index in [1.165, 1.54) is 0 Å². The minimum Gasteiger partial charge on any atom is -0.323 e. The number of carbonyl (C=O) groups excluding carboxylic acids is 5. The maximum atomic E-state index is 12.1. The first-order valence-electron chi connectivity index (χ1n) is 6.51. The molecule has 6 amide bonds. The van der Waals surface area contributed by atoms with Gasteiger partial charge in [-0.15, -0.1) is 0 Å². The van der Waals surface area contributed by atoms with Gasteiger partial charge in [-0.25, -0.2) is 4.79 Å². The average molecular weight is 296 g/mol. The number of nitrogens with one attached hydrogen (secondary N) is 2. The molecule has 2 rings (SSSR count). The number of carbonyl (C=O) groups is 5. The predicted molar refractivity (Wildman–Crippen MR) is 68.7 cm³/mol. The number of nitrogens with zero attached hydrogens (tertiary/aromatic N) is 2. The largest absolute Gasteiger partial charge is 0.325 e. The summed E-state index contributed by atoms with van der Waals surface area (Å²) in [5.74, 6) is -2.29. The number of hydrogen-bond donors (Lipinski definition) is 2. The van der Waals surface area contributed by atoms with Crippen LogP contribution < -0.4 is 10.6 Å². The van der Waals surface area contributed by atoms with E-state index >= 15 is 0 Å². The lowest BCUT2D eigenvalue weighted by Gasteiger charge is -2.27. The van der Waals surface area contributed by atoms with E-state index in [9.17, 15) is 24.0 Å². The van der Waals surface area contributed by atoms with Crippen molar-refractivity contribution in [3.8, 4) is 0 Å². The molecule has 0 aromatic rings. The Morgan fingerprint density at radius 1 is 1.19 bits per heavy atom. The number of imide groups is 2. The van der Waals surface area contributed by atoms with E-state index in [1.54, 1.807) is 13.8 Å². The van der Waals surface area contributed by atoms with Gasteiger partial charge in [-0.05, 0) is 13.3 Å². The Balaban J connectivity index is 2.06. The van der Waals surface area contributed by atoms with E-state index in [0.717, 1.165) is 9.80 Å². The molecular formula is C12H16N4O5. The number of urea groups is 1. The van der Waals surface area contributed by atoms with Crippen LogP contribution in [0, 0.1) is 0 Å². The van der Waals surface area contributed by atoms with Crippen LogP contribution in [0.5, 0.6) is 0 Å². The first-order valence-corrected chi connectivity index (χ1v) is 6.51. The Labute approximate surface area is 120 Å². The van der Waals surface area contributed by atoms with E-state index < -0.39 is 41.7 Å². The summed E-state index contributed by atoms with van der Waals surface area (Å²) in [6.45, 7) is 2.31. The Kier molecular flexibility index (Phi) is 3.67. The summed E-state index contributed by atoms with van der Waals surface area (Å²) < 4.78 is 0. The van der Waals surface area contributed by atoms with Crippen molar-refractivity contribution < 1.29 is 24.0 Å². The quantitative estimate of drug-likeness (QED) is 0.470. The van der Waals surface area contributed by atoms with Crippen LogP contribution in [-0.4, -0.2) is 64.6 Å². The first kappa shape index (κ1) is 14.9. The van der Waals surface area contributed by atoms with Crippen LogP contribution in [0.4, 0.5) is 4.79 Å². The Bertz CT molecular complexity index is 530. The minimum absolute atomic E-state index is 0.265. The van der Waals surface area contributed by atoms with Gasteiger partial charge in [0.25, 0.3) is 5.91 Å². The highest BCUT2D eigenvalue weighted by Crippen LogP contribution is 2.20. The van der Waals surface area contributed by atoms with Crippen molar-refractivity contribution in [3.05, 3.63) is 0 Å². The molecule has 0 saturated carbocycles. The SMILES string of the molecule is CCC1(C)NC(=O)N(CC(=O)N2CC(=O)NC(=O)C2)C1=O. The maximum Gasteiger partial charge on any atom is 0.325 e. The normalized spacial score (nSPS) is 26.0. The second-order valence-corrected chi connectivity index (χ2v) is 5.23. The van der Waals surface area contributed by atoms with Crippen LogP contribution in [0.3, 0.4) is 0 Å². The van der Waals surface area contributed by atoms with E-state index in [4.69, 9.17) is 0 Å². The summed E-state index contributed by atoms with van der Waals surface area (Å²) in [5.41, 5.74) is -1.02. The third kappa shape index (κ3) is 2.71. The van der Waals surface area contributed by atoms with Gasteiger partial charge in [0, 0.05) is 0 Å². The lowest BCUT2D eigenvalue weighted by atomic mass is 9.99. The fourth-order valence-electron chi connectivity index (χ4n) is 2.18. The number of hydrogen-bond acceptors (Lipinski definition) is 5. The predicted octanol–water partition coefficient (Wildman–Crippen LogP) is -1.81. The molecule has 9 heteroatoms. The monoisotopic (exact) mass is 296 g/mol. The minimum atomic E-state index is -1.02. The zero-order valence-corrected chi connectivity index (χ0v) is 11.8. The summed E-state index contributed by atoms with van der Waals surface area (Å²) in [7, 11) is 0. The van der Waals surface area contributed by atoms with Gasteiger partial charge in [-0.3, -0.25) is 29.4 Å². The zero-order valence-electron chi connectivity index (χ0n) is 11.8. The summed E-state index contributed by atoms with van der Waals surface area (Å²) in [6.07, 6.45) is 0.396. The second kappa shape index (κ2) is 5.15. The zero-order chi connectivity index (χ0) is 15.8. The Morgan fingerprint density at radius 3 is 2.24 bits per heavy atom. The molecule has 2 aliphatic heterocycles. The van der Waals surface area contributed by atoms with E-state index in [-0.39, 0.29) is 13.1 Å². The number of rotatable bonds is 3. The highest BCUT2D eigenvalue weighted by molar-refractivity contribution is 6.09. The molecular weight excluding hydrogens is 280 g/mol. The van der Waals surface area contributed by atoms with Crippen LogP contribution in [0.2, 0.25) is 0 Å². The molecule has 0 aromatic carbocycles. The Morgan fingerprint density at radius 2 is 1.76 bits per heavy atom. The summed E-state index contributed by atoms with van der Waals surface area (Å²) in [4.78, 5) is 60.2.